The van der Waals surface area contributed by atoms with Crippen molar-refractivity contribution >= 4 is 40.4 Å². The van der Waals surface area contributed by atoms with Crippen molar-refractivity contribution in [2.75, 3.05) is 6.26 Å². The van der Waals surface area contributed by atoms with Crippen LogP contribution in [0.2, 0.25) is 0 Å². The Hall–Kier alpha value is -3.06. The van der Waals surface area contributed by atoms with Crippen LogP contribution in [0.4, 0.5) is 0 Å². The maximum Gasteiger partial charge on any atom is 0.380 e. The molecule has 0 spiro atoms. The van der Waals surface area contributed by atoms with E-state index in [1.54, 1.807) is 30.0 Å². The number of hydrogen-bond donors (Lipinski definition) is 1. The molecule has 124 valence electrons. The van der Waals surface area contributed by atoms with Crippen LogP contribution in [0.1, 0.15) is 31.2 Å². The van der Waals surface area contributed by atoms with Crippen LogP contribution < -0.4 is 0 Å². The summed E-state index contributed by atoms with van der Waals surface area (Å²) in [5, 5.41) is 1.35. The molecule has 25 heavy (non-hydrogen) atoms. The van der Waals surface area contributed by atoms with Crippen molar-refractivity contribution in [3.63, 3.8) is 0 Å². The van der Waals surface area contributed by atoms with E-state index in [2.05, 4.69) is 4.98 Å². The summed E-state index contributed by atoms with van der Waals surface area (Å²) >= 11 is 1.59. The van der Waals surface area contributed by atoms with Crippen LogP contribution >= 0.6 is 11.8 Å². The zero-order chi connectivity index (χ0) is 17.6. The highest BCUT2D eigenvalue weighted by atomic mass is 32.2. The van der Waals surface area contributed by atoms with Crippen molar-refractivity contribution in [1.29, 1.82) is 0 Å². The molecule has 0 bridgehead atoms. The lowest BCUT2D eigenvalue weighted by atomic mass is 10.1. The smallest absolute Gasteiger partial charge is 0.349 e. The minimum atomic E-state index is -0.795. The highest BCUT2D eigenvalue weighted by Crippen LogP contribution is 2.25. The Morgan fingerprint density at radius 2 is 1.72 bits per heavy atom. The Labute approximate surface area is 146 Å². The van der Waals surface area contributed by atoms with Gasteiger partial charge in [-0.05, 0) is 36.6 Å². The molecule has 0 saturated heterocycles. The number of H-pyrrole nitrogens is 1. The molecule has 6 nitrogen and oxygen atoms in total. The fourth-order valence-corrected chi connectivity index (χ4v) is 3.17. The second-order valence-corrected chi connectivity index (χ2v) is 6.34. The molecule has 4 rings (SSSR count). The molecule has 0 saturated carbocycles. The van der Waals surface area contributed by atoms with Crippen LogP contribution in [-0.4, -0.2) is 34.1 Å². The standard InChI is InChI=1S/C18H12N2O4S/c1-25-11-7-6-10-8-15(19-14(10)9-11)18(23)24-20-16(21)12-4-2-3-5-13(12)17(20)22/h2-9,19H,1H3. The van der Waals surface area contributed by atoms with E-state index >= 15 is 0 Å². The van der Waals surface area contributed by atoms with Crippen LogP contribution in [0, 0.1) is 0 Å². The van der Waals surface area contributed by atoms with E-state index in [-0.39, 0.29) is 16.8 Å². The normalized spacial score (nSPS) is 13.4. The number of fused-ring (bicyclic) bond motifs is 2. The lowest BCUT2D eigenvalue weighted by molar-refractivity contribution is -0.0587. The third-order valence-corrected chi connectivity index (χ3v) is 4.71. The topological polar surface area (TPSA) is 79.5 Å². The van der Waals surface area contributed by atoms with Gasteiger partial charge < -0.3 is 9.82 Å². The summed E-state index contributed by atoms with van der Waals surface area (Å²) in [4.78, 5) is 45.9. The number of thioether (sulfide) groups is 1. The summed E-state index contributed by atoms with van der Waals surface area (Å²) in [6, 6.07) is 13.7. The summed E-state index contributed by atoms with van der Waals surface area (Å²) in [5.41, 5.74) is 1.40. The molecule has 0 aliphatic carbocycles. The number of imide groups is 1. The quantitative estimate of drug-likeness (QED) is 0.578. The fourth-order valence-electron chi connectivity index (χ4n) is 2.73. The molecular formula is C18H12N2O4S. The first-order valence-corrected chi connectivity index (χ1v) is 8.68. The van der Waals surface area contributed by atoms with Crippen molar-refractivity contribution < 1.29 is 19.2 Å². The van der Waals surface area contributed by atoms with E-state index in [0.29, 0.717) is 5.06 Å². The Bertz CT molecular complexity index is 1010. The maximum atomic E-state index is 12.4. The van der Waals surface area contributed by atoms with Gasteiger partial charge in [-0.25, -0.2) is 4.79 Å². The zero-order valence-electron chi connectivity index (χ0n) is 13.1. The van der Waals surface area contributed by atoms with Crippen LogP contribution in [0.15, 0.2) is 53.4 Å². The lowest BCUT2D eigenvalue weighted by Crippen LogP contribution is -2.32. The monoisotopic (exact) mass is 352 g/mol. The number of carbonyl (C=O) groups is 3. The largest absolute Gasteiger partial charge is 0.380 e. The third kappa shape index (κ3) is 2.49. The number of nitrogens with zero attached hydrogens (tertiary/aromatic N) is 1. The van der Waals surface area contributed by atoms with Gasteiger partial charge in [0.1, 0.15) is 5.69 Å². The van der Waals surface area contributed by atoms with Gasteiger partial charge in [-0.2, -0.15) is 0 Å². The third-order valence-electron chi connectivity index (χ3n) is 3.98. The Balaban J connectivity index is 1.61. The molecule has 2 amide bonds. The van der Waals surface area contributed by atoms with E-state index < -0.39 is 17.8 Å². The molecule has 0 fully saturated rings. The number of hydrogen-bond acceptors (Lipinski definition) is 5. The Kier molecular flexibility index (Phi) is 3.58. The average Bonchev–Trinajstić information content (AvgIpc) is 3.16. The number of benzene rings is 2. The minimum absolute atomic E-state index is 0.171. The highest BCUT2D eigenvalue weighted by molar-refractivity contribution is 7.98. The molecule has 0 atom stereocenters. The van der Waals surface area contributed by atoms with E-state index in [1.165, 1.54) is 12.1 Å². The van der Waals surface area contributed by atoms with Gasteiger partial charge in [-0.15, -0.1) is 11.8 Å². The summed E-state index contributed by atoms with van der Waals surface area (Å²) < 4.78 is 0. The van der Waals surface area contributed by atoms with Crippen LogP contribution in [0.3, 0.4) is 0 Å². The van der Waals surface area contributed by atoms with Gasteiger partial charge in [0.25, 0.3) is 11.8 Å². The molecule has 1 aliphatic heterocycles. The second-order valence-electron chi connectivity index (χ2n) is 5.47. The molecule has 2 heterocycles. The van der Waals surface area contributed by atoms with Crippen LogP contribution in [0.5, 0.6) is 0 Å². The lowest BCUT2D eigenvalue weighted by Gasteiger charge is -2.11. The molecule has 1 N–H and O–H groups in total. The van der Waals surface area contributed by atoms with Crippen molar-refractivity contribution in [3.05, 3.63) is 65.4 Å². The van der Waals surface area contributed by atoms with Gasteiger partial charge in [0.2, 0.25) is 0 Å². The number of amides is 2. The molecule has 3 aromatic rings. The highest BCUT2D eigenvalue weighted by Gasteiger charge is 2.38. The molecule has 0 radical (unpaired) electrons. The van der Waals surface area contributed by atoms with E-state index in [1.807, 2.05) is 24.5 Å². The van der Waals surface area contributed by atoms with Crippen molar-refractivity contribution in [2.45, 2.75) is 4.90 Å². The summed E-state index contributed by atoms with van der Waals surface area (Å²) in [5.74, 6) is -2.08. The SMILES string of the molecule is CSc1ccc2cc(C(=O)ON3C(=O)c4ccccc4C3=O)[nH]c2c1. The number of hydroxylamine groups is 2. The molecule has 7 heteroatoms. The predicted molar refractivity (Wildman–Crippen MR) is 92.4 cm³/mol. The van der Waals surface area contributed by atoms with E-state index in [9.17, 15) is 14.4 Å². The first kappa shape index (κ1) is 15.5. The molecule has 1 aromatic heterocycles. The van der Waals surface area contributed by atoms with Crippen LogP contribution in [0.25, 0.3) is 10.9 Å². The number of aromatic nitrogens is 1. The van der Waals surface area contributed by atoms with Gasteiger partial charge in [-0.1, -0.05) is 23.3 Å². The number of rotatable bonds is 3. The minimum Gasteiger partial charge on any atom is -0.349 e. The fraction of sp³-hybridized carbons (Fsp3) is 0.0556. The first-order valence-electron chi connectivity index (χ1n) is 7.45. The van der Waals surface area contributed by atoms with Crippen molar-refractivity contribution in [1.82, 2.24) is 10.0 Å². The first-order chi connectivity index (χ1) is 12.1. The number of carbonyl (C=O) groups excluding carboxylic acids is 3. The summed E-state index contributed by atoms with van der Waals surface area (Å²) in [6.45, 7) is 0. The van der Waals surface area contributed by atoms with Crippen molar-refractivity contribution in [2.24, 2.45) is 0 Å². The van der Waals surface area contributed by atoms with Gasteiger partial charge in [0.15, 0.2) is 0 Å². The molecule has 2 aromatic carbocycles. The van der Waals surface area contributed by atoms with E-state index in [0.717, 1.165) is 15.8 Å². The average molecular weight is 352 g/mol. The maximum absolute atomic E-state index is 12.4. The van der Waals surface area contributed by atoms with Gasteiger partial charge in [-0.3, -0.25) is 9.59 Å². The Morgan fingerprint density at radius 1 is 1.04 bits per heavy atom. The number of nitrogens with one attached hydrogen (secondary N) is 1. The van der Waals surface area contributed by atoms with Gasteiger partial charge >= 0.3 is 5.97 Å². The van der Waals surface area contributed by atoms with Gasteiger partial charge in [0.05, 0.1) is 11.1 Å². The number of aromatic amines is 1. The Morgan fingerprint density at radius 3 is 2.36 bits per heavy atom. The van der Waals surface area contributed by atoms with E-state index in [4.69, 9.17) is 4.84 Å². The summed E-state index contributed by atoms with van der Waals surface area (Å²) in [7, 11) is 0. The zero-order valence-corrected chi connectivity index (χ0v) is 13.9. The van der Waals surface area contributed by atoms with Crippen LogP contribution in [-0.2, 0) is 4.84 Å². The van der Waals surface area contributed by atoms with Crippen molar-refractivity contribution in [3.8, 4) is 0 Å². The molecule has 0 unspecified atom stereocenters. The predicted octanol–water partition coefficient (Wildman–Crippen LogP) is 3.26. The van der Waals surface area contributed by atoms with Gasteiger partial charge in [0, 0.05) is 15.8 Å². The molecule has 1 aliphatic rings. The second kappa shape index (κ2) is 5.78. The molecular weight excluding hydrogens is 340 g/mol. The summed E-state index contributed by atoms with van der Waals surface area (Å²) in [6.07, 6.45) is 1.96.